The van der Waals surface area contributed by atoms with Crippen molar-refractivity contribution in [2.45, 2.75) is 18.1 Å². The third-order valence-corrected chi connectivity index (χ3v) is 8.41. The van der Waals surface area contributed by atoms with Gasteiger partial charge in [-0.05, 0) is 78.6 Å². The highest BCUT2D eigenvalue weighted by atomic mass is 32.2. The summed E-state index contributed by atoms with van der Waals surface area (Å²) in [5.41, 5.74) is 4.14. The molecule has 1 saturated carbocycles. The highest BCUT2D eigenvalue weighted by molar-refractivity contribution is 7.93. The van der Waals surface area contributed by atoms with Crippen LogP contribution in [0, 0.1) is 11.6 Å². The maximum Gasteiger partial charge on any atom is 0.410 e. The van der Waals surface area contributed by atoms with E-state index in [2.05, 4.69) is 20.0 Å². The summed E-state index contributed by atoms with van der Waals surface area (Å²) in [6, 6.07) is 16.9. The van der Waals surface area contributed by atoms with Crippen LogP contribution in [0.1, 0.15) is 12.8 Å². The number of anilines is 2. The van der Waals surface area contributed by atoms with E-state index in [1.54, 1.807) is 41.4 Å². The topological polar surface area (TPSA) is 126 Å². The van der Waals surface area contributed by atoms with Crippen molar-refractivity contribution in [3.05, 3.63) is 90.9 Å². The Bertz CT molecular complexity index is 1890. The molecule has 0 bridgehead atoms. The number of nitrogens with zero attached hydrogens (tertiary/aromatic N) is 3. The highest BCUT2D eigenvalue weighted by Gasteiger charge is 2.35. The summed E-state index contributed by atoms with van der Waals surface area (Å²) in [4.78, 5) is 19.4. The fourth-order valence-corrected chi connectivity index (χ4v) is 5.83. The first-order chi connectivity index (χ1) is 19.2. The van der Waals surface area contributed by atoms with E-state index in [9.17, 15) is 22.0 Å². The van der Waals surface area contributed by atoms with Gasteiger partial charge in [0.05, 0.1) is 22.0 Å². The molecule has 40 heavy (non-hydrogen) atoms. The van der Waals surface area contributed by atoms with E-state index < -0.39 is 33.0 Å². The Morgan fingerprint density at radius 3 is 2.42 bits per heavy atom. The van der Waals surface area contributed by atoms with E-state index in [-0.39, 0.29) is 17.1 Å². The van der Waals surface area contributed by atoms with E-state index in [1.807, 2.05) is 18.2 Å². The minimum Gasteiger partial charge on any atom is -0.465 e. The Morgan fingerprint density at radius 1 is 0.925 bits per heavy atom. The van der Waals surface area contributed by atoms with Crippen LogP contribution in [-0.4, -0.2) is 39.4 Å². The van der Waals surface area contributed by atoms with Crippen LogP contribution in [-0.2, 0) is 10.0 Å². The van der Waals surface area contributed by atoms with Crippen molar-refractivity contribution in [2.75, 3.05) is 10.0 Å². The minimum absolute atomic E-state index is 0.121. The maximum atomic E-state index is 14.7. The van der Waals surface area contributed by atoms with Crippen LogP contribution in [0.15, 0.2) is 79.3 Å². The number of sulfonamides is 1. The number of carbonyl (C=O) groups is 1. The van der Waals surface area contributed by atoms with Gasteiger partial charge in [0.25, 0.3) is 0 Å². The first kappa shape index (κ1) is 25.4. The quantitative estimate of drug-likeness (QED) is 0.223. The summed E-state index contributed by atoms with van der Waals surface area (Å²) < 4.78 is 58.0. The molecule has 12 heteroatoms. The van der Waals surface area contributed by atoms with Gasteiger partial charge in [0.2, 0.25) is 10.0 Å². The van der Waals surface area contributed by atoms with Gasteiger partial charge in [-0.1, -0.05) is 6.07 Å². The second-order valence-corrected chi connectivity index (χ2v) is 11.4. The SMILES string of the molecule is O=C(O)Nc1ccc(-c2ccc3c(c2)ncn3-c2cc(NS(=O)(=O)C3CC3)cc(-c3ccc(F)cc3F)c2)cn1. The molecule has 3 N–H and O–H groups in total. The summed E-state index contributed by atoms with van der Waals surface area (Å²) in [5.74, 6) is -1.29. The second kappa shape index (κ2) is 9.72. The van der Waals surface area contributed by atoms with Crippen molar-refractivity contribution in [1.29, 1.82) is 0 Å². The average molecular weight is 562 g/mol. The number of amides is 1. The first-order valence-electron chi connectivity index (χ1n) is 12.2. The van der Waals surface area contributed by atoms with Crippen LogP contribution < -0.4 is 10.0 Å². The molecule has 3 aromatic carbocycles. The van der Waals surface area contributed by atoms with Crippen molar-refractivity contribution in [3.63, 3.8) is 0 Å². The monoisotopic (exact) mass is 561 g/mol. The van der Waals surface area contributed by atoms with E-state index >= 15 is 0 Å². The molecular formula is C28H21F2N5O4S. The second-order valence-electron chi connectivity index (χ2n) is 9.42. The van der Waals surface area contributed by atoms with Gasteiger partial charge < -0.3 is 5.11 Å². The molecule has 1 aliphatic rings. The van der Waals surface area contributed by atoms with Crippen LogP contribution >= 0.6 is 0 Å². The van der Waals surface area contributed by atoms with Gasteiger partial charge in [-0.25, -0.2) is 32.0 Å². The molecule has 5 aromatic rings. The largest absolute Gasteiger partial charge is 0.465 e. The van der Waals surface area contributed by atoms with E-state index in [4.69, 9.17) is 5.11 Å². The number of fused-ring (bicyclic) bond motifs is 1. The Kier molecular flexibility index (Phi) is 6.18. The van der Waals surface area contributed by atoms with Crippen molar-refractivity contribution in [3.8, 4) is 27.9 Å². The number of pyridine rings is 1. The molecule has 2 heterocycles. The van der Waals surface area contributed by atoms with Crippen molar-refractivity contribution >= 4 is 38.7 Å². The van der Waals surface area contributed by atoms with Crippen molar-refractivity contribution in [1.82, 2.24) is 14.5 Å². The molecule has 0 spiro atoms. The fraction of sp³-hybridized carbons (Fsp3) is 0.107. The van der Waals surface area contributed by atoms with Crippen molar-refractivity contribution < 1.29 is 27.1 Å². The van der Waals surface area contributed by atoms with E-state index in [0.717, 1.165) is 23.3 Å². The molecule has 1 aliphatic carbocycles. The number of hydrogen-bond donors (Lipinski definition) is 3. The molecule has 9 nitrogen and oxygen atoms in total. The summed E-state index contributed by atoms with van der Waals surface area (Å²) in [7, 11) is -3.60. The van der Waals surface area contributed by atoms with E-state index in [0.29, 0.717) is 35.1 Å². The summed E-state index contributed by atoms with van der Waals surface area (Å²) in [6.45, 7) is 0. The maximum absolute atomic E-state index is 14.7. The Labute approximate surface area is 227 Å². The Morgan fingerprint density at radius 2 is 1.73 bits per heavy atom. The molecule has 0 unspecified atom stereocenters. The normalized spacial score (nSPS) is 13.3. The number of nitrogens with one attached hydrogen (secondary N) is 2. The summed E-state index contributed by atoms with van der Waals surface area (Å²) >= 11 is 0. The molecule has 0 atom stereocenters. The molecule has 0 aliphatic heterocycles. The van der Waals surface area contributed by atoms with Gasteiger partial charge in [-0.15, -0.1) is 0 Å². The lowest BCUT2D eigenvalue weighted by Crippen LogP contribution is -2.17. The van der Waals surface area contributed by atoms with E-state index in [1.165, 1.54) is 12.1 Å². The molecule has 202 valence electrons. The minimum atomic E-state index is -3.60. The number of aromatic nitrogens is 3. The third-order valence-electron chi connectivity index (χ3n) is 6.54. The standard InChI is InChI=1S/C28H21F2N5O4S/c29-19-3-6-23(24(30)12-19)18-9-20(34-40(38,39)22-4-5-22)13-21(10-18)35-15-32-25-11-16(1-7-26(25)35)17-2-8-27(31-14-17)33-28(36)37/h1-3,6-15,22,34H,4-5H2,(H,31,33)(H,36,37). The van der Waals surface area contributed by atoms with Gasteiger partial charge in [0.1, 0.15) is 23.8 Å². The van der Waals surface area contributed by atoms with Crippen LogP contribution in [0.2, 0.25) is 0 Å². The zero-order valence-electron chi connectivity index (χ0n) is 20.7. The molecule has 0 radical (unpaired) electrons. The molecule has 1 amide bonds. The molecule has 6 rings (SSSR count). The Hall–Kier alpha value is -4.84. The molecule has 0 saturated heterocycles. The zero-order chi connectivity index (χ0) is 28.0. The first-order valence-corrected chi connectivity index (χ1v) is 13.8. The number of halogens is 2. The predicted molar refractivity (Wildman–Crippen MR) is 147 cm³/mol. The number of rotatable bonds is 7. The van der Waals surface area contributed by atoms with Gasteiger partial charge in [0.15, 0.2) is 0 Å². The lowest BCUT2D eigenvalue weighted by molar-refractivity contribution is 0.209. The zero-order valence-corrected chi connectivity index (χ0v) is 21.5. The summed E-state index contributed by atoms with van der Waals surface area (Å²) in [6.07, 6.45) is 3.07. The Balaban J connectivity index is 1.41. The van der Waals surface area contributed by atoms with Crippen LogP contribution in [0.4, 0.5) is 25.1 Å². The molecule has 1 fully saturated rings. The van der Waals surface area contributed by atoms with Gasteiger partial charge in [0, 0.05) is 29.1 Å². The van der Waals surface area contributed by atoms with Crippen LogP contribution in [0.3, 0.4) is 0 Å². The van der Waals surface area contributed by atoms with Crippen LogP contribution in [0.25, 0.3) is 39.0 Å². The lowest BCUT2D eigenvalue weighted by Gasteiger charge is -2.14. The number of benzene rings is 3. The third kappa shape index (κ3) is 5.08. The highest BCUT2D eigenvalue weighted by Crippen LogP contribution is 2.34. The fourth-order valence-electron chi connectivity index (χ4n) is 4.46. The van der Waals surface area contributed by atoms with Gasteiger partial charge >= 0.3 is 6.09 Å². The van der Waals surface area contributed by atoms with Gasteiger partial charge in [-0.2, -0.15) is 0 Å². The molecular weight excluding hydrogens is 540 g/mol. The lowest BCUT2D eigenvalue weighted by atomic mass is 10.0. The molecule has 2 aromatic heterocycles. The number of carboxylic acid groups (broad SMARTS) is 1. The summed E-state index contributed by atoms with van der Waals surface area (Å²) in [5, 5.41) is 10.6. The number of imidazole rings is 1. The predicted octanol–water partition coefficient (Wildman–Crippen LogP) is 6.03. The smallest absolute Gasteiger partial charge is 0.410 e. The van der Waals surface area contributed by atoms with Crippen LogP contribution in [0.5, 0.6) is 0 Å². The number of hydrogen-bond acceptors (Lipinski definition) is 5. The average Bonchev–Trinajstić information content (AvgIpc) is 3.69. The van der Waals surface area contributed by atoms with Gasteiger partial charge in [-0.3, -0.25) is 14.6 Å². The van der Waals surface area contributed by atoms with Crippen molar-refractivity contribution in [2.24, 2.45) is 0 Å².